The van der Waals surface area contributed by atoms with Crippen LogP contribution in [0.1, 0.15) is 36.0 Å². The molecule has 6 nitrogen and oxygen atoms in total. The van der Waals surface area contributed by atoms with Gasteiger partial charge in [-0.2, -0.15) is 0 Å². The number of aromatic nitrogens is 1. The van der Waals surface area contributed by atoms with Crippen LogP contribution in [0.3, 0.4) is 0 Å². The Bertz CT molecular complexity index is 911. The number of benzene rings is 1. The van der Waals surface area contributed by atoms with Gasteiger partial charge in [-0.05, 0) is 43.9 Å². The van der Waals surface area contributed by atoms with Gasteiger partial charge in [-0.25, -0.2) is 4.79 Å². The minimum absolute atomic E-state index is 0.0200. The second kappa shape index (κ2) is 9.04. The molecule has 0 radical (unpaired) electrons. The molecule has 3 heterocycles. The molecule has 0 aliphatic carbocycles. The van der Waals surface area contributed by atoms with Crippen molar-refractivity contribution < 1.29 is 14.3 Å². The van der Waals surface area contributed by atoms with Crippen molar-refractivity contribution in [3.63, 3.8) is 0 Å². The molecule has 154 valence electrons. The van der Waals surface area contributed by atoms with Gasteiger partial charge in [-0.1, -0.05) is 40.3 Å². The van der Waals surface area contributed by atoms with Crippen molar-refractivity contribution in [2.45, 2.75) is 37.8 Å². The highest BCUT2D eigenvalue weighted by atomic mass is 127. The Morgan fingerprint density at radius 3 is 2.69 bits per heavy atom. The molecule has 0 saturated carbocycles. The molecule has 2 amide bonds. The quantitative estimate of drug-likeness (QED) is 0.333. The molecule has 2 aliphatic heterocycles. The fourth-order valence-corrected chi connectivity index (χ4v) is 4.82. The average molecular weight is 528 g/mol. The summed E-state index contributed by atoms with van der Waals surface area (Å²) in [5.74, 6) is -0.0245. The highest BCUT2D eigenvalue weighted by Crippen LogP contribution is 2.31. The number of piperazine rings is 1. The van der Waals surface area contributed by atoms with Gasteiger partial charge in [0, 0.05) is 34.7 Å². The topological polar surface area (TPSA) is 62.7 Å². The summed E-state index contributed by atoms with van der Waals surface area (Å²) in [4.78, 5) is 33.8. The van der Waals surface area contributed by atoms with Crippen LogP contribution in [0.5, 0.6) is 0 Å². The van der Waals surface area contributed by atoms with Crippen LogP contribution in [0.25, 0.3) is 10.9 Å². The number of nitrogens with zero attached hydrogens (tertiary/aromatic N) is 3. The number of carbonyl (C=O) groups is 2. The SMILES string of the molecule is O=C(c1ccc2c(Cl)ccnc2c1)N1CC2CCCC(C1)N2C(=O)OCCCI. The van der Waals surface area contributed by atoms with E-state index >= 15 is 0 Å². The van der Waals surface area contributed by atoms with Crippen LogP contribution in [-0.2, 0) is 4.74 Å². The van der Waals surface area contributed by atoms with Gasteiger partial charge >= 0.3 is 6.09 Å². The van der Waals surface area contributed by atoms with Crippen molar-refractivity contribution >= 4 is 57.1 Å². The van der Waals surface area contributed by atoms with E-state index in [-0.39, 0.29) is 24.1 Å². The van der Waals surface area contributed by atoms with Crippen LogP contribution in [0, 0.1) is 0 Å². The lowest BCUT2D eigenvalue weighted by Gasteiger charge is -2.49. The Hall–Kier alpha value is -1.61. The standard InChI is InChI=1S/C21H23ClIN3O3/c22-18-7-9-24-19-11-14(5-6-17(18)19)20(27)25-12-15-3-1-4-16(13-25)26(15)21(28)29-10-2-8-23/h5-7,9,11,15-16H,1-4,8,10,12-13H2. The zero-order valence-corrected chi connectivity index (χ0v) is 18.9. The zero-order valence-electron chi connectivity index (χ0n) is 16.0. The van der Waals surface area contributed by atoms with Gasteiger partial charge in [0.1, 0.15) is 0 Å². The molecule has 2 bridgehead atoms. The van der Waals surface area contributed by atoms with Crippen molar-refractivity contribution in [2.24, 2.45) is 0 Å². The minimum atomic E-state index is -0.235. The average Bonchev–Trinajstić information content (AvgIpc) is 2.72. The van der Waals surface area contributed by atoms with E-state index in [9.17, 15) is 9.59 Å². The number of alkyl halides is 1. The lowest BCUT2D eigenvalue weighted by molar-refractivity contribution is -0.00662. The molecule has 1 aromatic heterocycles. The van der Waals surface area contributed by atoms with E-state index in [2.05, 4.69) is 27.6 Å². The summed E-state index contributed by atoms with van der Waals surface area (Å²) in [6.07, 6.45) is 5.15. The summed E-state index contributed by atoms with van der Waals surface area (Å²) in [6.45, 7) is 1.53. The van der Waals surface area contributed by atoms with E-state index in [1.807, 2.05) is 15.9 Å². The minimum Gasteiger partial charge on any atom is -0.449 e. The molecule has 2 fully saturated rings. The van der Waals surface area contributed by atoms with Crippen LogP contribution in [0.4, 0.5) is 4.79 Å². The van der Waals surface area contributed by atoms with E-state index in [1.165, 1.54) is 0 Å². The van der Waals surface area contributed by atoms with Crippen molar-refractivity contribution in [3.8, 4) is 0 Å². The molecule has 4 rings (SSSR count). The molecule has 8 heteroatoms. The van der Waals surface area contributed by atoms with Gasteiger partial charge in [0.15, 0.2) is 0 Å². The van der Waals surface area contributed by atoms with Crippen molar-refractivity contribution in [3.05, 3.63) is 41.0 Å². The van der Waals surface area contributed by atoms with Gasteiger partial charge in [0.25, 0.3) is 5.91 Å². The lowest BCUT2D eigenvalue weighted by Crippen LogP contribution is -2.63. The van der Waals surface area contributed by atoms with E-state index in [4.69, 9.17) is 16.3 Å². The Morgan fingerprint density at radius 2 is 1.97 bits per heavy atom. The second-order valence-electron chi connectivity index (χ2n) is 7.54. The highest BCUT2D eigenvalue weighted by Gasteiger charge is 2.42. The predicted molar refractivity (Wildman–Crippen MR) is 121 cm³/mol. The number of carbonyl (C=O) groups excluding carboxylic acids is 2. The maximum atomic E-state index is 13.2. The first kappa shape index (κ1) is 20.7. The third kappa shape index (κ3) is 4.30. The molecular weight excluding hydrogens is 505 g/mol. The van der Waals surface area contributed by atoms with Gasteiger partial charge < -0.3 is 9.64 Å². The van der Waals surface area contributed by atoms with E-state index in [0.29, 0.717) is 35.8 Å². The first-order valence-corrected chi connectivity index (χ1v) is 11.8. The summed E-state index contributed by atoms with van der Waals surface area (Å²) in [5.41, 5.74) is 1.31. The summed E-state index contributed by atoms with van der Waals surface area (Å²) in [5, 5.41) is 1.46. The molecule has 2 saturated heterocycles. The Labute approximate surface area is 188 Å². The first-order valence-electron chi connectivity index (χ1n) is 9.93. The number of halogens is 2. The third-order valence-electron chi connectivity index (χ3n) is 5.66. The Morgan fingerprint density at radius 1 is 1.21 bits per heavy atom. The molecule has 0 spiro atoms. The zero-order chi connectivity index (χ0) is 20.4. The van der Waals surface area contributed by atoms with Gasteiger partial charge in [0.2, 0.25) is 0 Å². The van der Waals surface area contributed by atoms with E-state index in [1.54, 1.807) is 24.4 Å². The Kier molecular flexibility index (Phi) is 6.44. The molecule has 29 heavy (non-hydrogen) atoms. The molecule has 2 unspecified atom stereocenters. The third-order valence-corrected chi connectivity index (χ3v) is 6.75. The second-order valence-corrected chi connectivity index (χ2v) is 9.02. The van der Waals surface area contributed by atoms with Gasteiger partial charge in [-0.15, -0.1) is 0 Å². The van der Waals surface area contributed by atoms with Crippen LogP contribution in [-0.4, -0.2) is 63.0 Å². The molecule has 1 aromatic carbocycles. The molecule has 0 N–H and O–H groups in total. The predicted octanol–water partition coefficient (Wildman–Crippen LogP) is 4.53. The number of piperidine rings is 1. The number of amides is 2. The number of fused-ring (bicyclic) bond motifs is 3. The number of pyridine rings is 1. The maximum absolute atomic E-state index is 13.2. The number of ether oxygens (including phenoxy) is 1. The number of rotatable bonds is 4. The fourth-order valence-electron chi connectivity index (χ4n) is 4.29. The smallest absolute Gasteiger partial charge is 0.410 e. The highest BCUT2D eigenvalue weighted by molar-refractivity contribution is 14.1. The normalized spacial score (nSPS) is 21.3. The van der Waals surface area contributed by atoms with Crippen LogP contribution in [0.15, 0.2) is 30.5 Å². The van der Waals surface area contributed by atoms with Gasteiger partial charge in [-0.3, -0.25) is 14.7 Å². The maximum Gasteiger partial charge on any atom is 0.410 e. The van der Waals surface area contributed by atoms with E-state index in [0.717, 1.165) is 35.5 Å². The first-order chi connectivity index (χ1) is 14.1. The summed E-state index contributed by atoms with van der Waals surface area (Å²) in [7, 11) is 0. The van der Waals surface area contributed by atoms with Gasteiger partial charge in [0.05, 0.1) is 29.2 Å². The summed E-state index contributed by atoms with van der Waals surface area (Å²) >= 11 is 8.49. The number of likely N-dealkylation sites (tertiary alicyclic amines) is 1. The summed E-state index contributed by atoms with van der Waals surface area (Å²) in [6, 6.07) is 7.23. The molecule has 2 aromatic rings. The van der Waals surface area contributed by atoms with Crippen LogP contribution in [0.2, 0.25) is 5.02 Å². The molecular formula is C21H23ClIN3O3. The monoisotopic (exact) mass is 527 g/mol. The molecule has 2 aliphatic rings. The van der Waals surface area contributed by atoms with Crippen molar-refractivity contribution in [1.82, 2.24) is 14.8 Å². The number of hydrogen-bond acceptors (Lipinski definition) is 4. The van der Waals surface area contributed by atoms with Crippen LogP contribution < -0.4 is 0 Å². The largest absolute Gasteiger partial charge is 0.449 e. The molecule has 2 atom stereocenters. The van der Waals surface area contributed by atoms with Crippen LogP contribution >= 0.6 is 34.2 Å². The number of hydrogen-bond donors (Lipinski definition) is 0. The van der Waals surface area contributed by atoms with E-state index < -0.39 is 0 Å². The fraction of sp³-hybridized carbons (Fsp3) is 0.476. The van der Waals surface area contributed by atoms with Crippen molar-refractivity contribution in [2.75, 3.05) is 24.1 Å². The summed E-state index contributed by atoms with van der Waals surface area (Å²) < 4.78 is 6.42. The Balaban J connectivity index is 1.49. The lowest BCUT2D eigenvalue weighted by atomic mass is 9.91. The van der Waals surface area contributed by atoms with Crippen molar-refractivity contribution in [1.29, 1.82) is 0 Å².